The van der Waals surface area contributed by atoms with E-state index >= 15 is 0 Å². The van der Waals surface area contributed by atoms with E-state index in [4.69, 9.17) is 23.2 Å². The van der Waals surface area contributed by atoms with E-state index in [-0.39, 0.29) is 16.6 Å². The van der Waals surface area contributed by atoms with Crippen molar-refractivity contribution in [2.45, 2.75) is 4.90 Å². The topological polar surface area (TPSA) is 37.3 Å². The monoisotopic (exact) mass is 336 g/mol. The summed E-state index contributed by atoms with van der Waals surface area (Å²) in [4.78, 5) is 13.5. The lowest BCUT2D eigenvalue weighted by atomic mass is 10.0. The van der Waals surface area contributed by atoms with E-state index in [2.05, 4.69) is 0 Å². The average Bonchev–Trinajstić information content (AvgIpc) is 2.46. The molecule has 3 rings (SSSR count). The summed E-state index contributed by atoms with van der Waals surface area (Å²) in [5.41, 5.74) is 2.11. The maximum Gasteiger partial charge on any atom is 0.191 e. The lowest BCUT2D eigenvalue weighted by molar-refractivity contribution is 0.103. The van der Waals surface area contributed by atoms with Gasteiger partial charge in [0.2, 0.25) is 0 Å². The highest BCUT2D eigenvalue weighted by Crippen LogP contribution is 2.35. The average molecular weight is 337 g/mol. The maximum atomic E-state index is 12.5. The molecule has 0 aromatic heterocycles. The van der Waals surface area contributed by atoms with Crippen LogP contribution in [0, 0.1) is 0 Å². The molecule has 1 aliphatic heterocycles. The van der Waals surface area contributed by atoms with Crippen molar-refractivity contribution in [2.75, 3.05) is 5.75 Å². The third-order valence-electron chi connectivity index (χ3n) is 3.17. The number of carbonyl (C=O) groups is 1. The zero-order chi connectivity index (χ0) is 15.0. The smallest absolute Gasteiger partial charge is 0.191 e. The van der Waals surface area contributed by atoms with Gasteiger partial charge in [0, 0.05) is 26.8 Å². The van der Waals surface area contributed by atoms with Crippen LogP contribution < -0.4 is 0 Å². The van der Waals surface area contributed by atoms with Crippen molar-refractivity contribution in [3.8, 4) is 5.75 Å². The summed E-state index contributed by atoms with van der Waals surface area (Å²) in [7, 11) is 0. The fourth-order valence-corrected chi connectivity index (χ4v) is 3.48. The predicted octanol–water partition coefficient (Wildman–Crippen LogP) is 5.07. The quantitative estimate of drug-likeness (QED) is 0.738. The fourth-order valence-electron chi connectivity index (χ4n) is 2.12. The Balaban J connectivity index is 1.99. The van der Waals surface area contributed by atoms with Crippen molar-refractivity contribution in [3.63, 3.8) is 0 Å². The first-order chi connectivity index (χ1) is 10.0. The van der Waals surface area contributed by atoms with Crippen molar-refractivity contribution in [1.82, 2.24) is 0 Å². The molecule has 2 nitrogen and oxygen atoms in total. The van der Waals surface area contributed by atoms with Crippen LogP contribution in [0.4, 0.5) is 0 Å². The summed E-state index contributed by atoms with van der Waals surface area (Å²) in [6.45, 7) is 0. The highest BCUT2D eigenvalue weighted by atomic mass is 35.5. The molecule has 106 valence electrons. The minimum absolute atomic E-state index is 0.0181. The van der Waals surface area contributed by atoms with E-state index in [1.165, 1.54) is 6.07 Å². The van der Waals surface area contributed by atoms with Crippen LogP contribution in [0.2, 0.25) is 10.0 Å². The SMILES string of the molecule is O=C1C(=Cc2ccc(O)c(Cl)c2)CSc2ccc(Cl)cc21. The Morgan fingerprint density at radius 2 is 1.95 bits per heavy atom. The second kappa shape index (κ2) is 5.76. The molecule has 0 amide bonds. The van der Waals surface area contributed by atoms with Gasteiger partial charge in [-0.25, -0.2) is 0 Å². The molecule has 2 aromatic rings. The second-order valence-electron chi connectivity index (χ2n) is 4.64. The number of rotatable bonds is 1. The lowest BCUT2D eigenvalue weighted by Gasteiger charge is -2.17. The Morgan fingerprint density at radius 1 is 1.14 bits per heavy atom. The zero-order valence-electron chi connectivity index (χ0n) is 10.8. The van der Waals surface area contributed by atoms with Gasteiger partial charge >= 0.3 is 0 Å². The number of phenolic OH excluding ortho intramolecular Hbond substituents is 1. The summed E-state index contributed by atoms with van der Waals surface area (Å²) >= 11 is 13.5. The van der Waals surface area contributed by atoms with Crippen molar-refractivity contribution in [3.05, 3.63) is 63.1 Å². The van der Waals surface area contributed by atoms with Gasteiger partial charge in [-0.2, -0.15) is 0 Å². The molecule has 0 spiro atoms. The number of carbonyl (C=O) groups excluding carboxylic acids is 1. The first kappa shape index (κ1) is 14.5. The molecule has 0 radical (unpaired) electrons. The molecule has 0 saturated heterocycles. The van der Waals surface area contributed by atoms with Crippen molar-refractivity contribution >= 4 is 46.8 Å². The van der Waals surface area contributed by atoms with E-state index in [9.17, 15) is 9.90 Å². The molecule has 0 bridgehead atoms. The first-order valence-electron chi connectivity index (χ1n) is 6.21. The molecule has 0 unspecified atom stereocenters. The minimum Gasteiger partial charge on any atom is -0.506 e. The highest BCUT2D eigenvalue weighted by Gasteiger charge is 2.22. The van der Waals surface area contributed by atoms with Gasteiger partial charge in [0.05, 0.1) is 5.02 Å². The third kappa shape index (κ3) is 2.95. The van der Waals surface area contributed by atoms with E-state index in [1.54, 1.807) is 42.1 Å². The Morgan fingerprint density at radius 3 is 2.71 bits per heavy atom. The van der Waals surface area contributed by atoms with Crippen LogP contribution in [0.5, 0.6) is 5.75 Å². The van der Waals surface area contributed by atoms with Gasteiger partial charge in [-0.3, -0.25) is 4.79 Å². The van der Waals surface area contributed by atoms with Crippen LogP contribution in [0.25, 0.3) is 6.08 Å². The normalized spacial score (nSPS) is 16.1. The van der Waals surface area contributed by atoms with Gasteiger partial charge < -0.3 is 5.11 Å². The molecular weight excluding hydrogens is 327 g/mol. The number of aromatic hydroxyl groups is 1. The van der Waals surface area contributed by atoms with E-state index in [1.807, 2.05) is 6.07 Å². The lowest BCUT2D eigenvalue weighted by Crippen LogP contribution is -2.12. The number of phenols is 1. The van der Waals surface area contributed by atoms with Crippen molar-refractivity contribution < 1.29 is 9.90 Å². The van der Waals surface area contributed by atoms with Crippen LogP contribution in [0.15, 0.2) is 46.9 Å². The molecule has 2 aromatic carbocycles. The van der Waals surface area contributed by atoms with Gasteiger partial charge in [0.1, 0.15) is 5.75 Å². The molecule has 1 N–H and O–H groups in total. The molecule has 1 aliphatic rings. The molecule has 0 aliphatic carbocycles. The Hall–Kier alpha value is -1.42. The minimum atomic E-state index is -0.0181. The summed E-state index contributed by atoms with van der Waals surface area (Å²) in [6.07, 6.45) is 1.80. The number of thioether (sulfide) groups is 1. The number of fused-ring (bicyclic) bond motifs is 1. The molecule has 0 fully saturated rings. The van der Waals surface area contributed by atoms with E-state index in [0.29, 0.717) is 21.9 Å². The number of ketones is 1. The largest absolute Gasteiger partial charge is 0.506 e. The number of Topliss-reactive ketones (excluding diaryl/α,β-unsaturated/α-hetero) is 1. The van der Waals surface area contributed by atoms with Gasteiger partial charge in [0.25, 0.3) is 0 Å². The number of halogens is 2. The van der Waals surface area contributed by atoms with E-state index < -0.39 is 0 Å². The Labute approximate surface area is 136 Å². The standard InChI is InChI=1S/C16H10Cl2O2S/c17-11-2-4-15-12(7-11)16(20)10(8-21-15)5-9-1-3-14(19)13(18)6-9/h1-7,19H,8H2. The summed E-state index contributed by atoms with van der Waals surface area (Å²) < 4.78 is 0. The number of hydrogen-bond donors (Lipinski definition) is 1. The summed E-state index contributed by atoms with van der Waals surface area (Å²) in [5.74, 6) is 0.613. The molecular formula is C16H10Cl2O2S. The Bertz CT molecular complexity index is 769. The molecule has 0 atom stereocenters. The number of benzene rings is 2. The maximum absolute atomic E-state index is 12.5. The number of hydrogen-bond acceptors (Lipinski definition) is 3. The summed E-state index contributed by atoms with van der Waals surface area (Å²) in [5, 5.41) is 10.2. The molecule has 21 heavy (non-hydrogen) atoms. The molecule has 1 heterocycles. The predicted molar refractivity (Wildman–Crippen MR) is 87.6 cm³/mol. The van der Waals surface area contributed by atoms with Gasteiger partial charge in [-0.15, -0.1) is 11.8 Å². The van der Waals surface area contributed by atoms with E-state index in [0.717, 1.165) is 10.5 Å². The van der Waals surface area contributed by atoms with Crippen LogP contribution in [0.3, 0.4) is 0 Å². The molecule has 5 heteroatoms. The van der Waals surface area contributed by atoms with Gasteiger partial charge in [0.15, 0.2) is 5.78 Å². The van der Waals surface area contributed by atoms with Crippen LogP contribution >= 0.6 is 35.0 Å². The summed E-state index contributed by atoms with van der Waals surface area (Å²) in [6, 6.07) is 10.2. The highest BCUT2D eigenvalue weighted by molar-refractivity contribution is 7.99. The van der Waals surface area contributed by atoms with Crippen molar-refractivity contribution in [1.29, 1.82) is 0 Å². The van der Waals surface area contributed by atoms with Crippen LogP contribution in [0.1, 0.15) is 15.9 Å². The van der Waals surface area contributed by atoms with Crippen LogP contribution in [-0.4, -0.2) is 16.6 Å². The van der Waals surface area contributed by atoms with Gasteiger partial charge in [-0.05, 0) is 42.0 Å². The second-order valence-corrected chi connectivity index (χ2v) is 6.50. The Kier molecular flexibility index (Phi) is 3.98. The third-order valence-corrected chi connectivity index (χ3v) is 4.83. The fraction of sp³-hybridized carbons (Fsp3) is 0.0625. The van der Waals surface area contributed by atoms with Crippen LogP contribution in [-0.2, 0) is 0 Å². The van der Waals surface area contributed by atoms with Crippen molar-refractivity contribution in [2.24, 2.45) is 0 Å². The zero-order valence-corrected chi connectivity index (χ0v) is 13.1. The molecule has 0 saturated carbocycles. The first-order valence-corrected chi connectivity index (χ1v) is 7.95. The van der Waals surface area contributed by atoms with Gasteiger partial charge in [-0.1, -0.05) is 29.3 Å².